The fourth-order valence-corrected chi connectivity index (χ4v) is 2.17. The zero-order valence-electron chi connectivity index (χ0n) is 12.6. The van der Waals surface area contributed by atoms with E-state index in [1.54, 1.807) is 25.1 Å². The Labute approximate surface area is 129 Å². The summed E-state index contributed by atoms with van der Waals surface area (Å²) in [6, 6.07) is 8.59. The number of ether oxygens (including phenoxy) is 2. The normalized spacial score (nSPS) is 16.0. The van der Waals surface area contributed by atoms with E-state index in [0.717, 1.165) is 12.8 Å². The van der Waals surface area contributed by atoms with Crippen molar-refractivity contribution in [1.82, 2.24) is 5.32 Å². The lowest BCUT2D eigenvalue weighted by atomic mass is 9.98. The van der Waals surface area contributed by atoms with Crippen molar-refractivity contribution in [3.8, 4) is 11.8 Å². The first-order valence-corrected chi connectivity index (χ1v) is 7.02. The summed E-state index contributed by atoms with van der Waals surface area (Å²) in [4.78, 5) is 23.7. The molecule has 0 saturated heterocycles. The predicted octanol–water partition coefficient (Wildman–Crippen LogP) is 1.66. The van der Waals surface area contributed by atoms with Gasteiger partial charge in [-0.2, -0.15) is 5.26 Å². The van der Waals surface area contributed by atoms with Gasteiger partial charge in [0.25, 0.3) is 5.91 Å². The van der Waals surface area contributed by atoms with Crippen LogP contribution in [0.15, 0.2) is 24.3 Å². The fourth-order valence-electron chi connectivity index (χ4n) is 2.17. The Morgan fingerprint density at radius 1 is 1.45 bits per heavy atom. The average molecular weight is 302 g/mol. The number of carbonyl (C=O) groups is 2. The number of hydrogen-bond acceptors (Lipinski definition) is 5. The number of rotatable bonds is 6. The molecule has 0 unspecified atom stereocenters. The van der Waals surface area contributed by atoms with Gasteiger partial charge >= 0.3 is 5.97 Å². The molecule has 2 rings (SSSR count). The van der Waals surface area contributed by atoms with Crippen LogP contribution < -0.4 is 10.1 Å². The van der Waals surface area contributed by atoms with E-state index in [4.69, 9.17) is 9.47 Å². The van der Waals surface area contributed by atoms with E-state index in [9.17, 15) is 14.9 Å². The third-order valence-electron chi connectivity index (χ3n) is 3.66. The lowest BCUT2D eigenvalue weighted by Gasteiger charge is -2.22. The zero-order valence-corrected chi connectivity index (χ0v) is 12.6. The fraction of sp³-hybridized carbons (Fsp3) is 0.438. The van der Waals surface area contributed by atoms with Crippen LogP contribution in [0, 0.1) is 17.2 Å². The number of methoxy groups -OCH3 is 1. The van der Waals surface area contributed by atoms with Gasteiger partial charge in [0.1, 0.15) is 11.3 Å². The predicted molar refractivity (Wildman–Crippen MR) is 78.2 cm³/mol. The molecule has 116 valence electrons. The molecule has 0 aromatic heterocycles. The summed E-state index contributed by atoms with van der Waals surface area (Å²) < 4.78 is 9.99. The molecule has 0 bridgehead atoms. The highest BCUT2D eigenvalue weighted by molar-refractivity contribution is 5.91. The molecular weight excluding hydrogens is 284 g/mol. The Morgan fingerprint density at radius 2 is 2.18 bits per heavy atom. The molecule has 0 heterocycles. The maximum absolute atomic E-state index is 11.9. The van der Waals surface area contributed by atoms with E-state index in [1.165, 1.54) is 13.2 Å². The molecule has 1 aliphatic carbocycles. The molecular formula is C16H18N2O4. The number of benzene rings is 1. The van der Waals surface area contributed by atoms with Crippen LogP contribution >= 0.6 is 0 Å². The largest absolute Gasteiger partial charge is 0.497 e. The summed E-state index contributed by atoms with van der Waals surface area (Å²) in [6.45, 7) is 1.27. The molecule has 1 aromatic rings. The van der Waals surface area contributed by atoms with Crippen LogP contribution in [0.5, 0.6) is 5.75 Å². The quantitative estimate of drug-likeness (QED) is 0.807. The minimum atomic E-state index is -0.889. The molecule has 1 fully saturated rings. The second-order valence-electron chi connectivity index (χ2n) is 5.44. The van der Waals surface area contributed by atoms with Gasteiger partial charge in [-0.3, -0.25) is 4.79 Å². The Bertz CT molecular complexity index is 619. The number of esters is 1. The van der Waals surface area contributed by atoms with Crippen molar-refractivity contribution in [2.45, 2.75) is 25.3 Å². The van der Waals surface area contributed by atoms with Gasteiger partial charge in [-0.1, -0.05) is 6.07 Å². The smallest absolute Gasteiger partial charge is 0.338 e. The van der Waals surface area contributed by atoms with E-state index in [0.29, 0.717) is 11.3 Å². The van der Waals surface area contributed by atoms with Gasteiger partial charge in [-0.05, 0) is 43.9 Å². The highest BCUT2D eigenvalue weighted by Crippen LogP contribution is 2.39. The number of hydrogen-bond donors (Lipinski definition) is 1. The summed E-state index contributed by atoms with van der Waals surface area (Å²) >= 11 is 0. The first-order valence-electron chi connectivity index (χ1n) is 7.02. The highest BCUT2D eigenvalue weighted by atomic mass is 16.5. The maximum Gasteiger partial charge on any atom is 0.338 e. The number of nitrogens with one attached hydrogen (secondary N) is 1. The van der Waals surface area contributed by atoms with Crippen molar-refractivity contribution < 1.29 is 19.1 Å². The van der Waals surface area contributed by atoms with Crippen molar-refractivity contribution in [3.05, 3.63) is 29.8 Å². The molecule has 6 nitrogen and oxygen atoms in total. The molecule has 1 amide bonds. The van der Waals surface area contributed by atoms with Crippen molar-refractivity contribution in [1.29, 1.82) is 5.26 Å². The molecule has 0 spiro atoms. The van der Waals surface area contributed by atoms with Crippen LogP contribution in [0.25, 0.3) is 0 Å². The number of amides is 1. The third-order valence-corrected chi connectivity index (χ3v) is 3.66. The van der Waals surface area contributed by atoms with Crippen molar-refractivity contribution in [2.75, 3.05) is 13.7 Å². The molecule has 1 N–H and O–H groups in total. The molecule has 1 aliphatic rings. The standard InChI is InChI=1S/C16H18N2O4/c1-16(10-17,12-6-7-12)18-14(19)9-22-15(20)11-4-3-5-13(8-11)21-2/h3-5,8,12H,6-7,9H2,1-2H3,(H,18,19)/t16-/m0/s1. The third kappa shape index (κ3) is 3.76. The van der Waals surface area contributed by atoms with Gasteiger partial charge in [-0.25, -0.2) is 4.79 Å². The lowest BCUT2D eigenvalue weighted by Crippen LogP contribution is -2.48. The van der Waals surface area contributed by atoms with Gasteiger partial charge in [-0.15, -0.1) is 0 Å². The molecule has 0 radical (unpaired) electrons. The Hall–Kier alpha value is -2.55. The van der Waals surface area contributed by atoms with Crippen molar-refractivity contribution in [3.63, 3.8) is 0 Å². The molecule has 1 saturated carbocycles. The minimum absolute atomic E-state index is 0.176. The van der Waals surface area contributed by atoms with E-state index in [1.807, 2.05) is 0 Å². The van der Waals surface area contributed by atoms with Crippen LogP contribution in [-0.2, 0) is 9.53 Å². The Kier molecular flexibility index (Phi) is 4.66. The number of carbonyl (C=O) groups excluding carboxylic acids is 2. The maximum atomic E-state index is 11.9. The van der Waals surface area contributed by atoms with Crippen LogP contribution in [0.4, 0.5) is 0 Å². The monoisotopic (exact) mass is 302 g/mol. The van der Waals surface area contributed by atoms with Gasteiger partial charge in [0.15, 0.2) is 6.61 Å². The van der Waals surface area contributed by atoms with Gasteiger partial charge < -0.3 is 14.8 Å². The van der Waals surface area contributed by atoms with Gasteiger partial charge in [0.05, 0.1) is 18.7 Å². The molecule has 1 aromatic carbocycles. The van der Waals surface area contributed by atoms with Gasteiger partial charge in [0, 0.05) is 0 Å². The van der Waals surface area contributed by atoms with Crippen LogP contribution in [0.1, 0.15) is 30.1 Å². The van der Waals surface area contributed by atoms with Crippen molar-refractivity contribution >= 4 is 11.9 Å². The summed E-state index contributed by atoms with van der Waals surface area (Å²) in [5, 5.41) is 11.8. The Morgan fingerprint density at radius 3 is 2.77 bits per heavy atom. The van der Waals surface area contributed by atoms with E-state index in [-0.39, 0.29) is 5.92 Å². The molecule has 1 atom stereocenters. The highest BCUT2D eigenvalue weighted by Gasteiger charge is 2.43. The Balaban J connectivity index is 1.88. The summed E-state index contributed by atoms with van der Waals surface area (Å²) in [6.07, 6.45) is 1.85. The number of nitrogens with zero attached hydrogens (tertiary/aromatic N) is 1. The van der Waals surface area contributed by atoms with Crippen molar-refractivity contribution in [2.24, 2.45) is 5.92 Å². The first kappa shape index (κ1) is 15.8. The van der Waals surface area contributed by atoms with Crippen LogP contribution in [-0.4, -0.2) is 31.1 Å². The zero-order chi connectivity index (χ0) is 16.2. The average Bonchev–Trinajstić information content (AvgIpc) is 3.37. The second kappa shape index (κ2) is 6.48. The van der Waals surface area contributed by atoms with E-state index in [2.05, 4.69) is 11.4 Å². The van der Waals surface area contributed by atoms with E-state index >= 15 is 0 Å². The van der Waals surface area contributed by atoms with E-state index < -0.39 is 24.0 Å². The van der Waals surface area contributed by atoms with Gasteiger partial charge in [0.2, 0.25) is 0 Å². The lowest BCUT2D eigenvalue weighted by molar-refractivity contribution is -0.125. The SMILES string of the molecule is COc1cccc(C(=O)OCC(=O)N[C@@](C)(C#N)C2CC2)c1. The second-order valence-corrected chi connectivity index (χ2v) is 5.44. The topological polar surface area (TPSA) is 88.4 Å². The molecule has 0 aliphatic heterocycles. The first-order chi connectivity index (χ1) is 10.5. The number of nitriles is 1. The van der Waals surface area contributed by atoms with Crippen LogP contribution in [0.2, 0.25) is 0 Å². The summed E-state index contributed by atoms with van der Waals surface area (Å²) in [5.41, 5.74) is -0.586. The summed E-state index contributed by atoms with van der Waals surface area (Å²) in [7, 11) is 1.50. The van der Waals surface area contributed by atoms with Crippen LogP contribution in [0.3, 0.4) is 0 Å². The molecule has 6 heteroatoms. The molecule has 22 heavy (non-hydrogen) atoms. The summed E-state index contributed by atoms with van der Waals surface area (Å²) in [5.74, 6) is -0.383. The minimum Gasteiger partial charge on any atom is -0.497 e.